The number of nitrogens with two attached hydrogens (primary N) is 1. The molecule has 1 atom stereocenters. The number of thiophene rings is 1. The maximum atomic E-state index is 6.37. The smallest absolute Gasteiger partial charge is 0.0451 e. The Hall–Kier alpha value is -0.840. The number of aromatic nitrogens is 1. The minimum absolute atomic E-state index is 0.0780. The van der Waals surface area contributed by atoms with Crippen LogP contribution in [0, 0.1) is 6.92 Å². The van der Waals surface area contributed by atoms with Crippen molar-refractivity contribution in [1.29, 1.82) is 0 Å². The van der Waals surface area contributed by atoms with Crippen LogP contribution in [0.5, 0.6) is 0 Å². The van der Waals surface area contributed by atoms with Gasteiger partial charge in [0, 0.05) is 39.9 Å². The average Bonchev–Trinajstić information content (AvgIpc) is 2.85. The second-order valence-corrected chi connectivity index (χ2v) is 7.25. The van der Waals surface area contributed by atoms with E-state index in [-0.39, 0.29) is 6.04 Å². The van der Waals surface area contributed by atoms with Crippen LogP contribution in [0.25, 0.3) is 0 Å². The molecule has 1 aliphatic heterocycles. The van der Waals surface area contributed by atoms with Gasteiger partial charge >= 0.3 is 0 Å². The van der Waals surface area contributed by atoms with Crippen molar-refractivity contribution in [1.82, 2.24) is 4.98 Å². The summed E-state index contributed by atoms with van der Waals surface area (Å²) < 4.78 is 0. The fourth-order valence-electron chi connectivity index (χ4n) is 2.39. The van der Waals surface area contributed by atoms with Crippen LogP contribution in [0.4, 0.5) is 0 Å². The number of nitrogens with zero attached hydrogens (tertiary/aromatic N) is 1. The molecule has 2 N–H and O–H groups in total. The van der Waals surface area contributed by atoms with Crippen molar-refractivity contribution in [3.05, 3.63) is 51.0 Å². The first-order valence-electron chi connectivity index (χ1n) is 6.59. The summed E-state index contributed by atoms with van der Waals surface area (Å²) in [4.78, 5) is 7.31. The van der Waals surface area contributed by atoms with Gasteiger partial charge in [-0.3, -0.25) is 4.98 Å². The summed E-state index contributed by atoms with van der Waals surface area (Å²) in [5.41, 5.74) is 10.2. The third-order valence-electron chi connectivity index (χ3n) is 3.54. The molecule has 19 heavy (non-hydrogen) atoms. The molecule has 0 amide bonds. The maximum Gasteiger partial charge on any atom is 0.0451 e. The van der Waals surface area contributed by atoms with Crippen molar-refractivity contribution in [2.24, 2.45) is 5.73 Å². The zero-order chi connectivity index (χ0) is 13.2. The minimum Gasteiger partial charge on any atom is -0.323 e. The van der Waals surface area contributed by atoms with Crippen LogP contribution in [0.3, 0.4) is 0 Å². The lowest BCUT2D eigenvalue weighted by atomic mass is 10.1. The summed E-state index contributed by atoms with van der Waals surface area (Å²) in [6.45, 7) is 2.10. The second-order valence-electron chi connectivity index (χ2n) is 4.98. The lowest BCUT2D eigenvalue weighted by molar-refractivity contribution is 0.715. The van der Waals surface area contributed by atoms with Crippen molar-refractivity contribution < 1.29 is 0 Å². The Morgan fingerprint density at radius 1 is 1.47 bits per heavy atom. The van der Waals surface area contributed by atoms with Gasteiger partial charge in [0.15, 0.2) is 0 Å². The Morgan fingerprint density at radius 3 is 3.16 bits per heavy atom. The molecule has 100 valence electrons. The molecule has 0 saturated heterocycles. The number of thioether (sulfide) groups is 1. The van der Waals surface area contributed by atoms with Crippen LogP contribution in [0.2, 0.25) is 0 Å². The molecule has 3 rings (SSSR count). The van der Waals surface area contributed by atoms with Crippen molar-refractivity contribution in [3.8, 4) is 0 Å². The third kappa shape index (κ3) is 2.86. The number of aryl methyl sites for hydroxylation is 2. The van der Waals surface area contributed by atoms with Gasteiger partial charge in [0.2, 0.25) is 0 Å². The molecule has 0 fully saturated rings. The van der Waals surface area contributed by atoms with E-state index >= 15 is 0 Å². The van der Waals surface area contributed by atoms with E-state index in [0.717, 1.165) is 17.9 Å². The van der Waals surface area contributed by atoms with Crippen LogP contribution in [0.15, 0.2) is 24.4 Å². The molecule has 4 heteroatoms. The molecule has 2 aromatic rings. The molecular weight excluding hydrogens is 272 g/mol. The molecule has 0 bridgehead atoms. The fourth-order valence-corrected chi connectivity index (χ4v) is 4.77. The van der Waals surface area contributed by atoms with Gasteiger partial charge in [-0.25, -0.2) is 0 Å². The highest BCUT2D eigenvalue weighted by atomic mass is 32.2. The number of hydrogen-bond donors (Lipinski definition) is 1. The summed E-state index contributed by atoms with van der Waals surface area (Å²) >= 11 is 3.93. The number of hydrogen-bond acceptors (Lipinski definition) is 4. The van der Waals surface area contributed by atoms with Gasteiger partial charge in [-0.05, 0) is 42.4 Å². The maximum absolute atomic E-state index is 6.37. The molecule has 1 aliphatic rings. The summed E-state index contributed by atoms with van der Waals surface area (Å²) in [5, 5.41) is 0. The average molecular weight is 290 g/mol. The Labute approximate surface area is 122 Å². The van der Waals surface area contributed by atoms with Crippen molar-refractivity contribution >= 4 is 23.1 Å². The molecule has 0 radical (unpaired) electrons. The van der Waals surface area contributed by atoms with Gasteiger partial charge in [0.1, 0.15) is 0 Å². The van der Waals surface area contributed by atoms with Crippen LogP contribution < -0.4 is 5.73 Å². The Morgan fingerprint density at radius 2 is 2.37 bits per heavy atom. The fraction of sp³-hybridized carbons (Fsp3) is 0.400. The van der Waals surface area contributed by atoms with E-state index in [9.17, 15) is 0 Å². The summed E-state index contributed by atoms with van der Waals surface area (Å²) in [6, 6.07) is 6.47. The van der Waals surface area contributed by atoms with E-state index in [2.05, 4.69) is 24.0 Å². The van der Waals surface area contributed by atoms with E-state index in [0.29, 0.717) is 0 Å². The topological polar surface area (TPSA) is 38.9 Å². The predicted octanol–water partition coefficient (Wildman–Crippen LogP) is 3.48. The Balaban J connectivity index is 1.79. The lowest BCUT2D eigenvalue weighted by Gasteiger charge is -2.10. The second kappa shape index (κ2) is 5.65. The standard InChI is InChI=1S/C15H18N2S2/c1-10-3-2-5-17-13(10)8-12(16)15-7-11-9-18-6-4-14(11)19-15/h2-3,5,7,12H,4,6,8-9,16H2,1H3. The molecular formula is C15H18N2S2. The van der Waals surface area contributed by atoms with Gasteiger partial charge in [-0.15, -0.1) is 11.3 Å². The van der Waals surface area contributed by atoms with Crippen molar-refractivity contribution in [2.75, 3.05) is 5.75 Å². The third-order valence-corrected chi connectivity index (χ3v) is 5.92. The lowest BCUT2D eigenvalue weighted by Crippen LogP contribution is -2.13. The van der Waals surface area contributed by atoms with E-state index in [1.54, 1.807) is 4.88 Å². The zero-order valence-corrected chi connectivity index (χ0v) is 12.7. The first-order chi connectivity index (χ1) is 9.24. The summed E-state index contributed by atoms with van der Waals surface area (Å²) in [5.74, 6) is 2.41. The van der Waals surface area contributed by atoms with Gasteiger partial charge in [0.05, 0.1) is 0 Å². The van der Waals surface area contributed by atoms with Crippen LogP contribution >= 0.6 is 23.1 Å². The number of fused-ring (bicyclic) bond motifs is 1. The normalized spacial score (nSPS) is 16.1. The monoisotopic (exact) mass is 290 g/mol. The molecule has 0 saturated carbocycles. The molecule has 0 aliphatic carbocycles. The molecule has 0 spiro atoms. The molecule has 3 heterocycles. The van der Waals surface area contributed by atoms with Gasteiger partial charge < -0.3 is 5.73 Å². The quantitative estimate of drug-likeness (QED) is 0.940. The summed E-state index contributed by atoms with van der Waals surface area (Å²) in [7, 11) is 0. The highest BCUT2D eigenvalue weighted by Gasteiger charge is 2.18. The van der Waals surface area contributed by atoms with Gasteiger partial charge in [0.25, 0.3) is 0 Å². The van der Waals surface area contributed by atoms with Crippen LogP contribution in [-0.4, -0.2) is 10.7 Å². The van der Waals surface area contributed by atoms with Gasteiger partial charge in [-0.2, -0.15) is 11.8 Å². The molecule has 2 nitrogen and oxygen atoms in total. The largest absolute Gasteiger partial charge is 0.323 e. The Bertz CT molecular complexity index is 554. The zero-order valence-electron chi connectivity index (χ0n) is 11.1. The van der Waals surface area contributed by atoms with E-state index in [1.165, 1.54) is 28.2 Å². The van der Waals surface area contributed by atoms with E-state index < -0.39 is 0 Å². The van der Waals surface area contributed by atoms with Crippen molar-refractivity contribution in [3.63, 3.8) is 0 Å². The first kappa shape index (κ1) is 13.2. The molecule has 2 aromatic heterocycles. The molecule has 0 aromatic carbocycles. The first-order valence-corrected chi connectivity index (χ1v) is 8.56. The minimum atomic E-state index is 0.0780. The SMILES string of the molecule is Cc1cccnc1CC(N)c1cc2c(s1)CCSC2. The van der Waals surface area contributed by atoms with Crippen LogP contribution in [0.1, 0.15) is 32.6 Å². The van der Waals surface area contributed by atoms with Gasteiger partial charge in [-0.1, -0.05) is 6.07 Å². The molecule has 1 unspecified atom stereocenters. The number of rotatable bonds is 3. The predicted molar refractivity (Wildman–Crippen MR) is 83.8 cm³/mol. The number of pyridine rings is 1. The van der Waals surface area contributed by atoms with E-state index in [4.69, 9.17) is 5.73 Å². The Kier molecular flexibility index (Phi) is 3.91. The summed E-state index contributed by atoms with van der Waals surface area (Å²) in [6.07, 6.45) is 3.89. The highest BCUT2D eigenvalue weighted by molar-refractivity contribution is 7.98. The van der Waals surface area contributed by atoms with Crippen molar-refractivity contribution in [2.45, 2.75) is 31.6 Å². The highest BCUT2D eigenvalue weighted by Crippen LogP contribution is 2.34. The van der Waals surface area contributed by atoms with E-state index in [1.807, 2.05) is 35.4 Å². The van der Waals surface area contributed by atoms with Crippen LogP contribution in [-0.2, 0) is 18.6 Å².